The summed E-state index contributed by atoms with van der Waals surface area (Å²) in [6.45, 7) is 3.53. The number of ether oxygens (including phenoxy) is 1. The van der Waals surface area contributed by atoms with Gasteiger partial charge in [0, 0.05) is 18.0 Å². The highest BCUT2D eigenvalue weighted by Crippen LogP contribution is 2.51. The highest BCUT2D eigenvalue weighted by Gasteiger charge is 2.48. The second-order valence-electron chi connectivity index (χ2n) is 13.1. The number of amides is 2. The van der Waals surface area contributed by atoms with Crippen molar-refractivity contribution in [3.05, 3.63) is 94.7 Å². The molecule has 0 atom stereocenters. The Bertz CT molecular complexity index is 2090. The molecule has 2 saturated carbocycles. The first-order chi connectivity index (χ1) is 22.5. The topological polar surface area (TPSA) is 129 Å². The molecular weight excluding hydrogens is 621 g/mol. The summed E-state index contributed by atoms with van der Waals surface area (Å²) >= 11 is 5.99. The van der Waals surface area contributed by atoms with Crippen molar-refractivity contribution >= 4 is 40.3 Å². The number of carbonyl (C=O) groups is 2. The Morgan fingerprint density at radius 2 is 1.81 bits per heavy atom. The second kappa shape index (κ2) is 10.6. The summed E-state index contributed by atoms with van der Waals surface area (Å²) in [6.07, 6.45) is 9.18. The number of hydrogen-bond donors (Lipinski definition) is 1. The maximum Gasteiger partial charge on any atom is 0.271 e. The number of benzene rings is 2. The average molecular weight is 652 g/mol. The van der Waals surface area contributed by atoms with Gasteiger partial charge in [0.1, 0.15) is 22.9 Å². The third-order valence-corrected chi connectivity index (χ3v) is 9.58. The third-order valence-electron chi connectivity index (χ3n) is 9.39. The molecule has 8 rings (SSSR count). The number of primary amides is 1. The quantitative estimate of drug-likeness (QED) is 0.219. The van der Waals surface area contributed by atoms with E-state index in [1.807, 2.05) is 24.3 Å². The van der Waals surface area contributed by atoms with Crippen molar-refractivity contribution in [2.45, 2.75) is 63.6 Å². The summed E-state index contributed by atoms with van der Waals surface area (Å²) in [5.41, 5.74) is 9.39. The Morgan fingerprint density at radius 3 is 2.47 bits per heavy atom. The van der Waals surface area contributed by atoms with Gasteiger partial charge in [0.25, 0.3) is 11.8 Å². The van der Waals surface area contributed by atoms with Crippen LogP contribution in [-0.2, 0) is 23.3 Å². The zero-order valence-corrected chi connectivity index (χ0v) is 26.6. The van der Waals surface area contributed by atoms with Crippen molar-refractivity contribution in [1.82, 2.24) is 24.5 Å². The minimum atomic E-state index is -1.19. The molecule has 10 nitrogen and oxygen atoms in total. The van der Waals surface area contributed by atoms with Crippen molar-refractivity contribution in [3.63, 3.8) is 0 Å². The van der Waals surface area contributed by atoms with E-state index >= 15 is 0 Å². The molecule has 47 heavy (non-hydrogen) atoms. The number of hydrogen-bond acceptors (Lipinski definition) is 7. The van der Waals surface area contributed by atoms with Crippen LogP contribution in [0.3, 0.4) is 0 Å². The minimum absolute atomic E-state index is 0.114. The van der Waals surface area contributed by atoms with Gasteiger partial charge in [0.15, 0.2) is 11.2 Å². The summed E-state index contributed by atoms with van der Waals surface area (Å²) in [5, 5.41) is 0.398. The Balaban J connectivity index is 1.30. The van der Waals surface area contributed by atoms with E-state index in [1.165, 1.54) is 24.5 Å². The molecule has 5 aromatic rings. The fourth-order valence-corrected chi connectivity index (χ4v) is 6.77. The van der Waals surface area contributed by atoms with E-state index in [-0.39, 0.29) is 18.3 Å². The number of pyridine rings is 1. The molecule has 2 aliphatic carbocycles. The van der Waals surface area contributed by atoms with Crippen molar-refractivity contribution in [2.24, 2.45) is 11.7 Å². The van der Waals surface area contributed by atoms with Crippen molar-refractivity contribution < 1.29 is 18.7 Å². The smallest absolute Gasteiger partial charge is 0.271 e. The Morgan fingerprint density at radius 1 is 1.09 bits per heavy atom. The Labute approximate surface area is 274 Å². The van der Waals surface area contributed by atoms with Gasteiger partial charge in [-0.05, 0) is 87.3 Å². The molecule has 12 heteroatoms. The number of halogens is 2. The lowest BCUT2D eigenvalue weighted by molar-refractivity contribution is -0.132. The summed E-state index contributed by atoms with van der Waals surface area (Å²) in [7, 11) is 0. The van der Waals surface area contributed by atoms with Crippen LogP contribution >= 0.6 is 11.6 Å². The van der Waals surface area contributed by atoms with E-state index in [4.69, 9.17) is 32.0 Å². The number of fused-ring (bicyclic) bond motifs is 2. The minimum Gasteiger partial charge on any atom is -0.476 e. The summed E-state index contributed by atoms with van der Waals surface area (Å²) in [6, 6.07) is 12.0. The fourth-order valence-electron chi connectivity index (χ4n) is 6.67. The van der Waals surface area contributed by atoms with Gasteiger partial charge in [0.05, 0.1) is 40.4 Å². The number of nitrogens with two attached hydrogens (primary N) is 1. The van der Waals surface area contributed by atoms with Crippen LogP contribution in [0.1, 0.15) is 67.0 Å². The molecule has 1 aliphatic heterocycles. The predicted molar refractivity (Wildman–Crippen MR) is 174 cm³/mol. The van der Waals surface area contributed by atoms with Gasteiger partial charge < -0.3 is 15.0 Å². The van der Waals surface area contributed by atoms with Crippen LogP contribution in [0.4, 0.5) is 10.1 Å². The standard InChI is InChI=1S/C35H31ClFN7O3/c1-34(2)33(46)43(17-27-39-15-22(36)16-40-27)25-10-5-20(14-26(25)47-34)28-29(31(38)45)24(13-19-3-4-19)42-32-30(28)41-18-44(32)35(11-12-35)21-6-8-23(37)9-7-21/h5-10,14-16,18-19H,3-4,11-13,17H2,1-2H3,(H2,38,45). The number of nitrogens with zero attached hydrogens (tertiary/aromatic N) is 6. The van der Waals surface area contributed by atoms with E-state index in [0.717, 1.165) is 31.2 Å². The van der Waals surface area contributed by atoms with E-state index in [9.17, 15) is 14.0 Å². The predicted octanol–water partition coefficient (Wildman–Crippen LogP) is 5.97. The van der Waals surface area contributed by atoms with Crippen LogP contribution in [0.2, 0.25) is 5.02 Å². The first-order valence-corrected chi connectivity index (χ1v) is 16.0. The van der Waals surface area contributed by atoms with E-state index < -0.39 is 17.0 Å². The fraction of sp³-hybridized carbons (Fsp3) is 0.314. The number of aromatic nitrogens is 5. The van der Waals surface area contributed by atoms with Gasteiger partial charge in [-0.15, -0.1) is 0 Å². The summed E-state index contributed by atoms with van der Waals surface area (Å²) < 4.78 is 22.2. The number of carbonyl (C=O) groups excluding carboxylic acids is 2. The first kappa shape index (κ1) is 29.5. The van der Waals surface area contributed by atoms with Crippen LogP contribution in [0.15, 0.2) is 61.2 Å². The summed E-state index contributed by atoms with van der Waals surface area (Å²) in [4.78, 5) is 46.9. The Kier molecular flexibility index (Phi) is 6.63. The van der Waals surface area contributed by atoms with Gasteiger partial charge in [-0.3, -0.25) is 14.5 Å². The van der Waals surface area contributed by atoms with Crippen molar-refractivity contribution in [2.75, 3.05) is 4.90 Å². The van der Waals surface area contributed by atoms with E-state index in [0.29, 0.717) is 68.2 Å². The van der Waals surface area contributed by atoms with Crippen LogP contribution in [-0.4, -0.2) is 41.9 Å². The number of rotatable bonds is 8. The average Bonchev–Trinajstić information content (AvgIpc) is 3.98. The monoisotopic (exact) mass is 651 g/mol. The van der Waals surface area contributed by atoms with Crippen LogP contribution in [0.5, 0.6) is 5.75 Å². The van der Waals surface area contributed by atoms with Gasteiger partial charge in [-0.25, -0.2) is 24.3 Å². The SMILES string of the molecule is CC1(C)Oc2cc(-c3c(C(N)=O)c(CC4CC4)nc4c3ncn4C3(c4ccc(F)cc4)CC3)ccc2N(Cc2ncc(Cl)cn2)C1=O. The molecule has 4 heterocycles. The lowest BCUT2D eigenvalue weighted by atomic mass is 9.93. The maximum atomic E-state index is 13.9. The molecule has 0 spiro atoms. The van der Waals surface area contributed by atoms with Gasteiger partial charge in [-0.2, -0.15) is 0 Å². The molecular formula is C35H31ClFN7O3. The first-order valence-electron chi connectivity index (χ1n) is 15.6. The van der Waals surface area contributed by atoms with Crippen LogP contribution < -0.4 is 15.4 Å². The van der Waals surface area contributed by atoms with E-state index in [1.54, 1.807) is 31.1 Å². The highest BCUT2D eigenvalue weighted by molar-refractivity contribution is 6.30. The van der Waals surface area contributed by atoms with Gasteiger partial charge in [0.2, 0.25) is 0 Å². The third kappa shape index (κ3) is 5.00. The molecule has 2 N–H and O–H groups in total. The normalized spacial score (nSPS) is 17.8. The number of anilines is 1. The van der Waals surface area contributed by atoms with Crippen LogP contribution in [0, 0.1) is 11.7 Å². The molecule has 3 aromatic heterocycles. The molecule has 0 saturated heterocycles. The second-order valence-corrected chi connectivity index (χ2v) is 13.6. The zero-order valence-electron chi connectivity index (χ0n) is 25.8. The molecule has 3 aliphatic rings. The van der Waals surface area contributed by atoms with Crippen molar-refractivity contribution in [1.29, 1.82) is 0 Å². The van der Waals surface area contributed by atoms with Gasteiger partial charge in [-0.1, -0.05) is 29.8 Å². The zero-order chi connectivity index (χ0) is 32.7. The molecule has 2 fully saturated rings. The largest absolute Gasteiger partial charge is 0.476 e. The lowest BCUT2D eigenvalue weighted by Crippen LogP contribution is -2.52. The number of imidazole rings is 1. The molecule has 2 amide bonds. The Hall–Kier alpha value is -4.90. The maximum absolute atomic E-state index is 13.9. The van der Waals surface area contributed by atoms with Crippen LogP contribution in [0.25, 0.3) is 22.3 Å². The molecule has 238 valence electrons. The van der Waals surface area contributed by atoms with Crippen molar-refractivity contribution in [3.8, 4) is 16.9 Å². The molecule has 0 unspecified atom stereocenters. The molecule has 0 radical (unpaired) electrons. The van der Waals surface area contributed by atoms with Gasteiger partial charge >= 0.3 is 0 Å². The van der Waals surface area contributed by atoms with E-state index in [2.05, 4.69) is 14.5 Å². The lowest BCUT2D eigenvalue weighted by Gasteiger charge is -2.38. The molecule has 2 aromatic carbocycles. The highest BCUT2D eigenvalue weighted by atomic mass is 35.5. The molecule has 0 bridgehead atoms. The summed E-state index contributed by atoms with van der Waals surface area (Å²) in [5.74, 6) is 0.173.